The molecule has 0 aromatic carbocycles. The molecule has 5 nitrogen and oxygen atoms in total. The molecule has 2 N–H and O–H groups in total. The largest absolute Gasteiger partial charge is 0.360 e. The fraction of sp³-hybridized carbons (Fsp3) is 0.375. The Kier molecular flexibility index (Phi) is 4.12. The summed E-state index contributed by atoms with van der Waals surface area (Å²) in [6, 6.07) is 0. The molecule has 0 aliphatic heterocycles. The van der Waals surface area contributed by atoms with Gasteiger partial charge in [0.1, 0.15) is 11.0 Å². The first-order chi connectivity index (χ1) is 6.72. The molecular weight excluding hydrogens is 204 g/mol. The maximum atomic E-state index is 11.0. The van der Waals surface area contributed by atoms with Gasteiger partial charge in [-0.15, -0.1) is 0 Å². The molecule has 1 rings (SSSR count). The lowest BCUT2D eigenvalue weighted by Gasteiger charge is -2.04. The number of nitrogens with one attached hydrogen (secondary N) is 2. The Morgan fingerprint density at radius 2 is 2.36 bits per heavy atom. The monoisotopic (exact) mass is 214 g/mol. The Bertz CT molecular complexity index is 318. The molecule has 0 saturated heterocycles. The molecular formula is C8H11ClN4O. The summed E-state index contributed by atoms with van der Waals surface area (Å²) in [5.74, 6) is 0.401. The second-order valence-electron chi connectivity index (χ2n) is 2.53. The molecule has 0 fully saturated rings. The van der Waals surface area contributed by atoms with Crippen LogP contribution in [0.1, 0.15) is 6.92 Å². The lowest BCUT2D eigenvalue weighted by Crippen LogP contribution is -2.29. The highest BCUT2D eigenvalue weighted by Gasteiger charge is 2.00. The van der Waals surface area contributed by atoms with Gasteiger partial charge < -0.3 is 10.6 Å². The zero-order valence-corrected chi connectivity index (χ0v) is 8.51. The van der Waals surface area contributed by atoms with E-state index < -0.39 is 0 Å². The minimum atomic E-state index is -0.0886. The second kappa shape index (κ2) is 5.39. The van der Waals surface area contributed by atoms with Crippen molar-refractivity contribution < 1.29 is 4.79 Å². The predicted molar refractivity (Wildman–Crippen MR) is 54.2 cm³/mol. The summed E-state index contributed by atoms with van der Waals surface area (Å²) < 4.78 is 0. The molecule has 0 bridgehead atoms. The molecule has 14 heavy (non-hydrogen) atoms. The number of amides is 1. The molecule has 76 valence electrons. The quantitative estimate of drug-likeness (QED) is 0.774. The van der Waals surface area contributed by atoms with Crippen LogP contribution in [0.15, 0.2) is 12.4 Å². The lowest BCUT2D eigenvalue weighted by atomic mass is 10.5. The van der Waals surface area contributed by atoms with E-state index in [0.29, 0.717) is 17.5 Å². The molecule has 0 spiro atoms. The van der Waals surface area contributed by atoms with Gasteiger partial charge in [-0.25, -0.2) is 4.98 Å². The number of halogens is 1. The topological polar surface area (TPSA) is 66.9 Å². The van der Waals surface area contributed by atoms with Crippen LogP contribution in [0.5, 0.6) is 0 Å². The van der Waals surface area contributed by atoms with Crippen molar-refractivity contribution in [2.75, 3.05) is 18.4 Å². The normalized spacial score (nSPS) is 9.57. The second-order valence-corrected chi connectivity index (χ2v) is 2.92. The van der Waals surface area contributed by atoms with Crippen molar-refractivity contribution in [3.63, 3.8) is 0 Å². The van der Waals surface area contributed by atoms with Crippen molar-refractivity contribution in [1.82, 2.24) is 15.3 Å². The molecule has 0 atom stereocenters. The van der Waals surface area contributed by atoms with Crippen molar-refractivity contribution >= 4 is 23.3 Å². The van der Waals surface area contributed by atoms with E-state index in [1.54, 1.807) is 0 Å². The highest BCUT2D eigenvalue weighted by molar-refractivity contribution is 6.29. The lowest BCUT2D eigenvalue weighted by molar-refractivity contribution is -0.119. The zero-order chi connectivity index (χ0) is 10.4. The highest BCUT2D eigenvalue weighted by atomic mass is 35.5. The van der Waals surface area contributed by atoms with Crippen LogP contribution in [0.3, 0.4) is 0 Å². The first kappa shape index (κ1) is 10.7. The van der Waals surface area contributed by atoms with Crippen LogP contribution < -0.4 is 10.6 Å². The van der Waals surface area contributed by atoms with Gasteiger partial charge in [-0.05, 0) is 6.92 Å². The number of aromatic nitrogens is 2. The molecule has 6 heteroatoms. The number of rotatable bonds is 4. The number of hydrogen-bond donors (Lipinski definition) is 2. The van der Waals surface area contributed by atoms with Gasteiger partial charge >= 0.3 is 0 Å². The first-order valence-electron chi connectivity index (χ1n) is 4.20. The summed E-state index contributed by atoms with van der Waals surface area (Å²) in [5, 5.41) is 5.74. The van der Waals surface area contributed by atoms with Gasteiger partial charge in [0.15, 0.2) is 0 Å². The van der Waals surface area contributed by atoms with Gasteiger partial charge in [0.2, 0.25) is 5.91 Å². The Morgan fingerprint density at radius 3 is 3.00 bits per heavy atom. The summed E-state index contributed by atoms with van der Waals surface area (Å²) in [6.07, 6.45) is 2.93. The van der Waals surface area contributed by atoms with E-state index in [4.69, 9.17) is 11.6 Å². The van der Waals surface area contributed by atoms with Gasteiger partial charge in [0.25, 0.3) is 0 Å². The van der Waals surface area contributed by atoms with Crippen LogP contribution in [-0.2, 0) is 4.79 Å². The zero-order valence-electron chi connectivity index (χ0n) is 7.75. The summed E-state index contributed by atoms with van der Waals surface area (Å²) in [6.45, 7) is 2.64. The van der Waals surface area contributed by atoms with E-state index in [1.165, 1.54) is 12.4 Å². The Labute approximate surface area is 86.9 Å². The van der Waals surface area contributed by atoms with Crippen LogP contribution in [0, 0.1) is 0 Å². The standard InChI is InChI=1S/C8H11ClN4O/c1-2-11-8(14)5-12-7-4-10-3-6(9)13-7/h3-4H,2,5H2,1H3,(H,11,14)(H,12,13). The third kappa shape index (κ3) is 3.57. The summed E-state index contributed by atoms with van der Waals surface area (Å²) in [4.78, 5) is 18.8. The van der Waals surface area contributed by atoms with Gasteiger partial charge in [0.05, 0.1) is 18.9 Å². The Morgan fingerprint density at radius 1 is 1.57 bits per heavy atom. The SMILES string of the molecule is CCNC(=O)CNc1cncc(Cl)n1. The van der Waals surface area contributed by atoms with Crippen LogP contribution in [0.2, 0.25) is 5.15 Å². The fourth-order valence-electron chi connectivity index (χ4n) is 0.858. The summed E-state index contributed by atoms with van der Waals surface area (Å²) in [7, 11) is 0. The molecule has 1 aromatic heterocycles. The number of carbonyl (C=O) groups excluding carboxylic acids is 1. The smallest absolute Gasteiger partial charge is 0.239 e. The summed E-state index contributed by atoms with van der Waals surface area (Å²) >= 11 is 5.61. The van der Waals surface area contributed by atoms with E-state index in [0.717, 1.165) is 0 Å². The van der Waals surface area contributed by atoms with Gasteiger partial charge in [0, 0.05) is 6.54 Å². The third-order valence-electron chi connectivity index (χ3n) is 1.41. The average molecular weight is 215 g/mol. The molecule has 0 radical (unpaired) electrons. The fourth-order valence-corrected chi connectivity index (χ4v) is 1.01. The Balaban J connectivity index is 2.41. The summed E-state index contributed by atoms with van der Waals surface area (Å²) in [5.41, 5.74) is 0. The van der Waals surface area contributed by atoms with Crippen molar-refractivity contribution in [2.24, 2.45) is 0 Å². The van der Waals surface area contributed by atoms with E-state index in [9.17, 15) is 4.79 Å². The van der Waals surface area contributed by atoms with Crippen molar-refractivity contribution in [3.05, 3.63) is 17.5 Å². The first-order valence-corrected chi connectivity index (χ1v) is 4.58. The van der Waals surface area contributed by atoms with E-state index in [1.807, 2.05) is 6.92 Å². The van der Waals surface area contributed by atoms with Gasteiger partial charge in [-0.2, -0.15) is 0 Å². The number of nitrogens with zero attached hydrogens (tertiary/aromatic N) is 2. The van der Waals surface area contributed by atoms with Crippen LogP contribution in [0.25, 0.3) is 0 Å². The average Bonchev–Trinajstić information content (AvgIpc) is 2.15. The number of carbonyl (C=O) groups is 1. The molecule has 0 saturated carbocycles. The molecule has 1 heterocycles. The molecule has 1 amide bonds. The van der Waals surface area contributed by atoms with Gasteiger partial charge in [-0.1, -0.05) is 11.6 Å². The minimum absolute atomic E-state index is 0.0886. The van der Waals surface area contributed by atoms with Crippen LogP contribution >= 0.6 is 11.6 Å². The molecule has 0 aliphatic carbocycles. The third-order valence-corrected chi connectivity index (χ3v) is 1.59. The maximum absolute atomic E-state index is 11.0. The van der Waals surface area contributed by atoms with E-state index >= 15 is 0 Å². The minimum Gasteiger partial charge on any atom is -0.360 e. The molecule has 0 unspecified atom stereocenters. The van der Waals surface area contributed by atoms with E-state index in [2.05, 4.69) is 20.6 Å². The maximum Gasteiger partial charge on any atom is 0.239 e. The number of anilines is 1. The molecule has 0 aliphatic rings. The number of likely N-dealkylation sites (N-methyl/N-ethyl adjacent to an activating group) is 1. The predicted octanol–water partition coefficient (Wildman–Crippen LogP) is 0.678. The number of hydrogen-bond acceptors (Lipinski definition) is 4. The van der Waals surface area contributed by atoms with Crippen molar-refractivity contribution in [3.8, 4) is 0 Å². The van der Waals surface area contributed by atoms with E-state index in [-0.39, 0.29) is 12.5 Å². The van der Waals surface area contributed by atoms with Crippen LogP contribution in [0.4, 0.5) is 5.82 Å². The highest BCUT2D eigenvalue weighted by Crippen LogP contribution is 2.05. The van der Waals surface area contributed by atoms with Gasteiger partial charge in [-0.3, -0.25) is 9.78 Å². The Hall–Kier alpha value is -1.36. The van der Waals surface area contributed by atoms with Crippen molar-refractivity contribution in [2.45, 2.75) is 6.92 Å². The van der Waals surface area contributed by atoms with Crippen LogP contribution in [-0.4, -0.2) is 29.0 Å². The molecule has 1 aromatic rings. The van der Waals surface area contributed by atoms with Crippen molar-refractivity contribution in [1.29, 1.82) is 0 Å².